The maximum atomic E-state index is 13.6. The lowest BCUT2D eigenvalue weighted by Gasteiger charge is -2.40. The molecular formula is C15H21FN2O2. The first-order valence-corrected chi connectivity index (χ1v) is 6.90. The molecule has 20 heavy (non-hydrogen) atoms. The number of alkyl halides is 1. The molecule has 2 unspecified atom stereocenters. The summed E-state index contributed by atoms with van der Waals surface area (Å²) in [6.45, 7) is 2.44. The van der Waals surface area contributed by atoms with Crippen LogP contribution in [0.15, 0.2) is 30.3 Å². The molecule has 1 amide bonds. The molecule has 2 rings (SSSR count). The maximum absolute atomic E-state index is 13.6. The SMILES string of the molecule is CC(F)C1(N)CCCN(C(=O)OCc2ccccc2)C1. The van der Waals surface area contributed by atoms with Crippen LogP contribution in [0.25, 0.3) is 0 Å². The molecule has 0 aliphatic carbocycles. The summed E-state index contributed by atoms with van der Waals surface area (Å²) in [7, 11) is 0. The van der Waals surface area contributed by atoms with E-state index in [2.05, 4.69) is 0 Å². The molecule has 1 saturated heterocycles. The van der Waals surface area contributed by atoms with Crippen molar-refractivity contribution in [2.75, 3.05) is 13.1 Å². The van der Waals surface area contributed by atoms with Crippen LogP contribution in [0.2, 0.25) is 0 Å². The highest BCUT2D eigenvalue weighted by molar-refractivity contribution is 5.68. The minimum atomic E-state index is -1.15. The topological polar surface area (TPSA) is 55.6 Å². The second-order valence-corrected chi connectivity index (χ2v) is 5.41. The van der Waals surface area contributed by atoms with E-state index < -0.39 is 17.8 Å². The summed E-state index contributed by atoms with van der Waals surface area (Å²) >= 11 is 0. The third-order valence-electron chi connectivity index (χ3n) is 3.81. The standard InChI is InChI=1S/C15H21FN2O2/c1-12(16)15(17)8-5-9-18(11-15)14(19)20-10-13-6-3-2-4-7-13/h2-4,6-7,12H,5,8-11,17H2,1H3. The van der Waals surface area contributed by atoms with Crippen LogP contribution >= 0.6 is 0 Å². The summed E-state index contributed by atoms with van der Waals surface area (Å²) in [4.78, 5) is 13.5. The minimum Gasteiger partial charge on any atom is -0.445 e. The van der Waals surface area contributed by atoms with Crippen molar-refractivity contribution in [3.8, 4) is 0 Å². The Bertz CT molecular complexity index is 452. The summed E-state index contributed by atoms with van der Waals surface area (Å²) in [5.74, 6) is 0. The van der Waals surface area contributed by atoms with Crippen molar-refractivity contribution in [2.24, 2.45) is 5.73 Å². The van der Waals surface area contributed by atoms with Crippen molar-refractivity contribution in [1.29, 1.82) is 0 Å². The summed E-state index contributed by atoms with van der Waals surface area (Å²) < 4.78 is 18.8. The second-order valence-electron chi connectivity index (χ2n) is 5.41. The summed E-state index contributed by atoms with van der Waals surface area (Å²) in [6, 6.07) is 9.46. The first-order valence-electron chi connectivity index (χ1n) is 6.90. The summed E-state index contributed by atoms with van der Waals surface area (Å²) in [5.41, 5.74) is 5.99. The Balaban J connectivity index is 1.89. The van der Waals surface area contributed by atoms with E-state index in [0.29, 0.717) is 19.4 Å². The van der Waals surface area contributed by atoms with Crippen LogP contribution in [0.3, 0.4) is 0 Å². The number of benzene rings is 1. The van der Waals surface area contributed by atoms with E-state index in [1.807, 2.05) is 30.3 Å². The monoisotopic (exact) mass is 280 g/mol. The van der Waals surface area contributed by atoms with Gasteiger partial charge in [0.25, 0.3) is 0 Å². The molecule has 1 aliphatic rings. The molecule has 1 heterocycles. The fourth-order valence-corrected chi connectivity index (χ4v) is 2.40. The van der Waals surface area contributed by atoms with Gasteiger partial charge in [-0.3, -0.25) is 0 Å². The molecule has 1 aromatic rings. The Morgan fingerprint density at radius 2 is 2.20 bits per heavy atom. The normalized spacial score (nSPS) is 24.2. The lowest BCUT2D eigenvalue weighted by atomic mass is 9.86. The molecule has 2 N–H and O–H groups in total. The van der Waals surface area contributed by atoms with Crippen LogP contribution in [0.5, 0.6) is 0 Å². The van der Waals surface area contributed by atoms with E-state index in [1.165, 1.54) is 11.8 Å². The molecule has 110 valence electrons. The average molecular weight is 280 g/mol. The van der Waals surface area contributed by atoms with Gasteiger partial charge in [-0.05, 0) is 25.3 Å². The van der Waals surface area contributed by atoms with Crippen molar-refractivity contribution in [2.45, 2.75) is 38.1 Å². The quantitative estimate of drug-likeness (QED) is 0.925. The zero-order chi connectivity index (χ0) is 14.6. The third kappa shape index (κ3) is 3.48. The highest BCUT2D eigenvalue weighted by Gasteiger charge is 2.39. The number of amides is 1. The van der Waals surface area contributed by atoms with Crippen molar-refractivity contribution in [1.82, 2.24) is 4.90 Å². The van der Waals surface area contributed by atoms with Crippen molar-refractivity contribution < 1.29 is 13.9 Å². The largest absolute Gasteiger partial charge is 0.445 e. The first kappa shape index (κ1) is 14.8. The molecule has 0 bridgehead atoms. The van der Waals surface area contributed by atoms with Gasteiger partial charge < -0.3 is 15.4 Å². The third-order valence-corrected chi connectivity index (χ3v) is 3.81. The first-order chi connectivity index (χ1) is 9.51. The predicted octanol–water partition coefficient (Wildman–Crippen LogP) is 2.47. The average Bonchev–Trinajstić information content (AvgIpc) is 2.46. The maximum Gasteiger partial charge on any atom is 0.410 e. The number of hydrogen-bond acceptors (Lipinski definition) is 3. The number of nitrogens with two attached hydrogens (primary N) is 1. The molecular weight excluding hydrogens is 259 g/mol. The molecule has 4 nitrogen and oxygen atoms in total. The van der Waals surface area contributed by atoms with E-state index in [4.69, 9.17) is 10.5 Å². The fourth-order valence-electron chi connectivity index (χ4n) is 2.40. The van der Waals surface area contributed by atoms with Crippen LogP contribution in [0.4, 0.5) is 9.18 Å². The van der Waals surface area contributed by atoms with Gasteiger partial charge in [0, 0.05) is 13.1 Å². The molecule has 0 saturated carbocycles. The van der Waals surface area contributed by atoms with Crippen LogP contribution in [0.1, 0.15) is 25.3 Å². The number of carbonyl (C=O) groups is 1. The summed E-state index contributed by atoms with van der Waals surface area (Å²) in [6.07, 6.45) is -0.283. The smallest absolute Gasteiger partial charge is 0.410 e. The molecule has 0 aromatic heterocycles. The number of likely N-dealkylation sites (tertiary alicyclic amines) is 1. The van der Waals surface area contributed by atoms with Gasteiger partial charge in [0.15, 0.2) is 0 Å². The summed E-state index contributed by atoms with van der Waals surface area (Å²) in [5, 5.41) is 0. The van der Waals surface area contributed by atoms with Crippen molar-refractivity contribution >= 4 is 6.09 Å². The van der Waals surface area contributed by atoms with Crippen molar-refractivity contribution in [3.63, 3.8) is 0 Å². The molecule has 5 heteroatoms. The number of rotatable bonds is 3. The van der Waals surface area contributed by atoms with Crippen LogP contribution in [-0.2, 0) is 11.3 Å². The van der Waals surface area contributed by atoms with Gasteiger partial charge in [-0.25, -0.2) is 9.18 Å². The van der Waals surface area contributed by atoms with Gasteiger partial charge >= 0.3 is 6.09 Å². The predicted molar refractivity (Wildman–Crippen MR) is 74.9 cm³/mol. The fraction of sp³-hybridized carbons (Fsp3) is 0.533. The highest BCUT2D eigenvalue weighted by atomic mass is 19.1. The minimum absolute atomic E-state index is 0.207. The van der Waals surface area contributed by atoms with Crippen LogP contribution in [0, 0.1) is 0 Å². The zero-order valence-corrected chi connectivity index (χ0v) is 11.7. The molecule has 2 atom stereocenters. The van der Waals surface area contributed by atoms with Gasteiger partial charge in [-0.1, -0.05) is 30.3 Å². The van der Waals surface area contributed by atoms with E-state index in [-0.39, 0.29) is 13.2 Å². The molecule has 1 aliphatic heterocycles. The lowest BCUT2D eigenvalue weighted by Crippen LogP contribution is -2.60. The van der Waals surface area contributed by atoms with E-state index in [1.54, 1.807) is 0 Å². The lowest BCUT2D eigenvalue weighted by molar-refractivity contribution is 0.0549. The van der Waals surface area contributed by atoms with Gasteiger partial charge in [0.2, 0.25) is 0 Å². The Kier molecular flexibility index (Phi) is 4.60. The Labute approximate surface area is 118 Å². The van der Waals surface area contributed by atoms with E-state index >= 15 is 0 Å². The number of nitrogens with zero attached hydrogens (tertiary/aromatic N) is 1. The molecule has 1 aromatic carbocycles. The van der Waals surface area contributed by atoms with Gasteiger partial charge in [-0.15, -0.1) is 0 Å². The molecule has 0 radical (unpaired) electrons. The number of halogens is 1. The zero-order valence-electron chi connectivity index (χ0n) is 11.7. The van der Waals surface area contributed by atoms with Gasteiger partial charge in [0.1, 0.15) is 12.8 Å². The Morgan fingerprint density at radius 3 is 2.85 bits per heavy atom. The van der Waals surface area contributed by atoms with Crippen molar-refractivity contribution in [3.05, 3.63) is 35.9 Å². The second kappa shape index (κ2) is 6.22. The Hall–Kier alpha value is -1.62. The van der Waals surface area contributed by atoms with Crippen LogP contribution in [-0.4, -0.2) is 35.8 Å². The van der Waals surface area contributed by atoms with E-state index in [0.717, 1.165) is 5.56 Å². The molecule has 0 spiro atoms. The van der Waals surface area contributed by atoms with Gasteiger partial charge in [0.05, 0.1) is 5.54 Å². The highest BCUT2D eigenvalue weighted by Crippen LogP contribution is 2.24. The number of carbonyl (C=O) groups excluding carboxylic acids is 1. The Morgan fingerprint density at radius 1 is 1.50 bits per heavy atom. The number of hydrogen-bond donors (Lipinski definition) is 1. The molecule has 1 fully saturated rings. The van der Waals surface area contributed by atoms with Crippen LogP contribution < -0.4 is 5.73 Å². The number of piperidine rings is 1. The number of ether oxygens (including phenoxy) is 1. The van der Waals surface area contributed by atoms with E-state index in [9.17, 15) is 9.18 Å². The van der Waals surface area contributed by atoms with Gasteiger partial charge in [-0.2, -0.15) is 0 Å².